The molecule has 4 rings (SSSR count). The molecule has 0 bridgehead atoms. The third kappa shape index (κ3) is 4.17. The van der Waals surface area contributed by atoms with Gasteiger partial charge in [0.2, 0.25) is 0 Å². The Balaban J connectivity index is 1.41. The topological polar surface area (TPSA) is 111 Å². The number of carbonyl (C=O) groups excluding carboxylic acids is 1. The Hall–Kier alpha value is -4.46. The molecule has 8 heteroatoms. The van der Waals surface area contributed by atoms with Gasteiger partial charge in [-0.05, 0) is 24.3 Å². The first-order chi connectivity index (χ1) is 14.6. The smallest absolute Gasteiger partial charge is 0.307 e. The lowest BCUT2D eigenvalue weighted by Crippen LogP contribution is -2.16. The summed E-state index contributed by atoms with van der Waals surface area (Å²) in [5.74, 6) is 0.976. The maximum absolute atomic E-state index is 12.2. The van der Waals surface area contributed by atoms with Gasteiger partial charge in [-0.1, -0.05) is 42.5 Å². The first-order valence-electron chi connectivity index (χ1n) is 8.93. The van der Waals surface area contributed by atoms with Crippen molar-refractivity contribution in [2.75, 3.05) is 0 Å². The van der Waals surface area contributed by atoms with Crippen LogP contribution in [0.15, 0.2) is 92.8 Å². The average molecular weight is 401 g/mol. The van der Waals surface area contributed by atoms with Gasteiger partial charge in [0.1, 0.15) is 17.3 Å². The molecule has 2 aromatic heterocycles. The number of nitrogens with zero attached hydrogens (tertiary/aromatic N) is 2. The molecule has 30 heavy (non-hydrogen) atoms. The van der Waals surface area contributed by atoms with E-state index in [9.17, 15) is 14.9 Å². The normalized spacial score (nSPS) is 10.9. The van der Waals surface area contributed by atoms with Crippen molar-refractivity contribution in [3.05, 3.63) is 100 Å². The van der Waals surface area contributed by atoms with E-state index in [1.807, 2.05) is 36.4 Å². The van der Waals surface area contributed by atoms with Crippen LogP contribution in [0.1, 0.15) is 16.3 Å². The lowest BCUT2D eigenvalue weighted by molar-refractivity contribution is -0.384. The number of non-ortho nitro benzene ring substituents is 1. The van der Waals surface area contributed by atoms with Crippen molar-refractivity contribution >= 4 is 17.8 Å². The lowest BCUT2D eigenvalue weighted by atomic mass is 10.1. The van der Waals surface area contributed by atoms with Crippen LogP contribution in [0.3, 0.4) is 0 Å². The van der Waals surface area contributed by atoms with Crippen LogP contribution < -0.4 is 5.43 Å². The summed E-state index contributed by atoms with van der Waals surface area (Å²) in [4.78, 5) is 22.6. The van der Waals surface area contributed by atoms with Crippen molar-refractivity contribution < 1.29 is 18.6 Å². The Morgan fingerprint density at radius 2 is 1.63 bits per heavy atom. The minimum Gasteiger partial charge on any atom is -0.455 e. The predicted molar refractivity (Wildman–Crippen MR) is 110 cm³/mol. The number of benzene rings is 2. The van der Waals surface area contributed by atoms with Gasteiger partial charge in [-0.2, -0.15) is 5.10 Å². The molecule has 0 radical (unpaired) electrons. The number of hydrazone groups is 1. The Morgan fingerprint density at radius 1 is 0.900 bits per heavy atom. The fourth-order valence-electron chi connectivity index (χ4n) is 2.78. The molecule has 4 aromatic rings. The number of hydrogen-bond acceptors (Lipinski definition) is 6. The van der Waals surface area contributed by atoms with Gasteiger partial charge in [-0.15, -0.1) is 0 Å². The summed E-state index contributed by atoms with van der Waals surface area (Å²) in [5.41, 5.74) is 3.73. The third-order valence-corrected chi connectivity index (χ3v) is 4.21. The molecule has 0 unspecified atom stereocenters. The van der Waals surface area contributed by atoms with Crippen LogP contribution in [0.5, 0.6) is 0 Å². The minimum absolute atomic E-state index is 0.0260. The van der Waals surface area contributed by atoms with E-state index in [0.29, 0.717) is 22.8 Å². The molecule has 0 saturated carbocycles. The highest BCUT2D eigenvalue weighted by Crippen LogP contribution is 2.26. The molecule has 8 nitrogen and oxygen atoms in total. The maximum atomic E-state index is 12.2. The van der Waals surface area contributed by atoms with Gasteiger partial charge in [0.25, 0.3) is 5.69 Å². The molecule has 0 spiro atoms. The Labute approximate surface area is 170 Å². The summed E-state index contributed by atoms with van der Waals surface area (Å²) in [6.45, 7) is 0. The summed E-state index contributed by atoms with van der Waals surface area (Å²) >= 11 is 0. The highest BCUT2D eigenvalue weighted by molar-refractivity contribution is 5.92. The van der Waals surface area contributed by atoms with Crippen LogP contribution in [0.2, 0.25) is 0 Å². The molecule has 0 atom stereocenters. The van der Waals surface area contributed by atoms with Crippen molar-refractivity contribution in [3.8, 4) is 22.6 Å². The lowest BCUT2D eigenvalue weighted by Gasteiger charge is -1.98. The molecule has 0 aliphatic rings. The van der Waals surface area contributed by atoms with Gasteiger partial charge in [0.05, 0.1) is 11.1 Å². The zero-order chi connectivity index (χ0) is 20.9. The van der Waals surface area contributed by atoms with E-state index in [-0.39, 0.29) is 11.4 Å². The number of nitro benzene ring substituents is 1. The molecule has 1 N–H and O–H groups in total. The maximum Gasteiger partial charge on any atom is 0.307 e. The van der Waals surface area contributed by atoms with Gasteiger partial charge in [0.15, 0.2) is 5.76 Å². The van der Waals surface area contributed by atoms with E-state index in [1.165, 1.54) is 24.4 Å². The first-order valence-corrected chi connectivity index (χ1v) is 8.93. The fraction of sp³-hybridized carbons (Fsp3) is 0. The second kappa shape index (κ2) is 8.27. The summed E-state index contributed by atoms with van der Waals surface area (Å²) in [5, 5.41) is 14.8. The van der Waals surface area contributed by atoms with Crippen molar-refractivity contribution in [1.82, 2.24) is 5.43 Å². The monoisotopic (exact) mass is 401 g/mol. The van der Waals surface area contributed by atoms with Gasteiger partial charge < -0.3 is 8.83 Å². The summed E-state index contributed by atoms with van der Waals surface area (Å²) < 4.78 is 11.2. The first kappa shape index (κ1) is 18.9. The highest BCUT2D eigenvalue weighted by atomic mass is 16.6. The number of rotatable bonds is 6. The standard InChI is InChI=1S/C22H15N3O5/c26-22(21-12-11-20(30-21)16-7-4-8-17(13-16)25(27)28)24-23-14-18-9-10-19(29-18)15-5-2-1-3-6-15/h1-14H,(H,24,26)/b23-14+. The van der Waals surface area contributed by atoms with E-state index in [0.717, 1.165) is 5.56 Å². The van der Waals surface area contributed by atoms with E-state index in [4.69, 9.17) is 8.83 Å². The predicted octanol–water partition coefficient (Wildman–Crippen LogP) is 4.88. The van der Waals surface area contributed by atoms with Crippen molar-refractivity contribution in [1.29, 1.82) is 0 Å². The second-order valence-corrected chi connectivity index (χ2v) is 6.24. The van der Waals surface area contributed by atoms with Crippen LogP contribution in [-0.4, -0.2) is 17.0 Å². The Bertz CT molecular complexity index is 1220. The number of nitrogens with one attached hydrogen (secondary N) is 1. The van der Waals surface area contributed by atoms with Crippen molar-refractivity contribution in [2.45, 2.75) is 0 Å². The quantitative estimate of drug-likeness (QED) is 0.281. The van der Waals surface area contributed by atoms with Crippen LogP contribution in [0.25, 0.3) is 22.6 Å². The molecule has 0 aliphatic carbocycles. The molecule has 148 valence electrons. The zero-order valence-electron chi connectivity index (χ0n) is 15.5. The van der Waals surface area contributed by atoms with Gasteiger partial charge in [0, 0.05) is 23.3 Å². The van der Waals surface area contributed by atoms with Crippen molar-refractivity contribution in [2.24, 2.45) is 5.10 Å². The van der Waals surface area contributed by atoms with Crippen LogP contribution in [0.4, 0.5) is 5.69 Å². The van der Waals surface area contributed by atoms with E-state index >= 15 is 0 Å². The van der Waals surface area contributed by atoms with Gasteiger partial charge in [-0.3, -0.25) is 14.9 Å². The Morgan fingerprint density at radius 3 is 2.43 bits per heavy atom. The number of hydrogen-bond donors (Lipinski definition) is 1. The van der Waals surface area contributed by atoms with Gasteiger partial charge >= 0.3 is 5.91 Å². The molecular formula is C22H15N3O5. The number of amides is 1. The third-order valence-electron chi connectivity index (χ3n) is 4.21. The van der Waals surface area contributed by atoms with E-state index < -0.39 is 10.8 Å². The van der Waals surface area contributed by atoms with E-state index in [2.05, 4.69) is 10.5 Å². The van der Waals surface area contributed by atoms with E-state index in [1.54, 1.807) is 24.3 Å². The number of carbonyl (C=O) groups is 1. The van der Waals surface area contributed by atoms with Gasteiger partial charge in [-0.25, -0.2) is 5.43 Å². The minimum atomic E-state index is -0.558. The van der Waals surface area contributed by atoms with Crippen LogP contribution >= 0.6 is 0 Å². The summed E-state index contributed by atoms with van der Waals surface area (Å²) in [7, 11) is 0. The Kier molecular flexibility index (Phi) is 5.21. The molecule has 1 amide bonds. The number of nitro groups is 1. The molecule has 0 fully saturated rings. The molecule has 0 aliphatic heterocycles. The molecule has 0 saturated heterocycles. The second-order valence-electron chi connectivity index (χ2n) is 6.24. The summed E-state index contributed by atoms with van der Waals surface area (Å²) in [6.07, 6.45) is 1.38. The fourth-order valence-corrected chi connectivity index (χ4v) is 2.78. The number of furan rings is 2. The average Bonchev–Trinajstić information content (AvgIpc) is 3.45. The van der Waals surface area contributed by atoms with Crippen molar-refractivity contribution in [3.63, 3.8) is 0 Å². The highest BCUT2D eigenvalue weighted by Gasteiger charge is 2.14. The molecule has 2 heterocycles. The molecule has 2 aromatic carbocycles. The molecular weight excluding hydrogens is 386 g/mol. The largest absolute Gasteiger partial charge is 0.455 e. The van der Waals surface area contributed by atoms with Crippen LogP contribution in [-0.2, 0) is 0 Å². The SMILES string of the molecule is O=C(N/N=C/c1ccc(-c2ccccc2)o1)c1ccc(-c2cccc([N+](=O)[O-])c2)o1. The summed E-state index contributed by atoms with van der Waals surface area (Å²) in [6, 6.07) is 22.2. The van der Waals surface area contributed by atoms with Crippen LogP contribution in [0, 0.1) is 10.1 Å². The zero-order valence-corrected chi connectivity index (χ0v) is 15.5.